The molecule has 2 N–H and O–H groups in total. The van der Waals surface area contributed by atoms with E-state index in [2.05, 4.69) is 16.6 Å². The van der Waals surface area contributed by atoms with Gasteiger partial charge < -0.3 is 10.6 Å². The fourth-order valence-corrected chi connectivity index (χ4v) is 1.79. The maximum absolute atomic E-state index is 6.08. The van der Waals surface area contributed by atoms with Gasteiger partial charge in [0.05, 0.1) is 29.5 Å². The van der Waals surface area contributed by atoms with Crippen molar-refractivity contribution >= 4 is 11.6 Å². The molecule has 1 aromatic rings. The third-order valence-electron chi connectivity index (χ3n) is 2.36. The molecule has 0 saturated heterocycles. The summed E-state index contributed by atoms with van der Waals surface area (Å²) in [5, 5.41) is 4.87. The molecule has 0 saturated carbocycles. The lowest BCUT2D eigenvalue weighted by atomic mass is 10.1. The summed E-state index contributed by atoms with van der Waals surface area (Å²) in [5.41, 5.74) is 6.92. The van der Waals surface area contributed by atoms with E-state index >= 15 is 0 Å². The fourth-order valence-electron chi connectivity index (χ4n) is 1.50. The van der Waals surface area contributed by atoms with Crippen molar-refractivity contribution < 1.29 is 0 Å². The molecule has 1 rings (SSSR count). The first kappa shape index (κ1) is 13.2. The van der Waals surface area contributed by atoms with Gasteiger partial charge in [0.1, 0.15) is 0 Å². The second-order valence-corrected chi connectivity index (χ2v) is 4.44. The van der Waals surface area contributed by atoms with E-state index in [1.54, 1.807) is 12.3 Å². The van der Waals surface area contributed by atoms with Gasteiger partial charge in [0.15, 0.2) is 0 Å². The van der Waals surface area contributed by atoms with E-state index in [1.807, 2.05) is 18.8 Å². The Morgan fingerprint density at radius 3 is 2.94 bits per heavy atom. The van der Waals surface area contributed by atoms with Crippen LogP contribution in [0.1, 0.15) is 18.2 Å². The van der Waals surface area contributed by atoms with Gasteiger partial charge in [0.25, 0.3) is 0 Å². The highest BCUT2D eigenvalue weighted by atomic mass is 35.5. The minimum absolute atomic E-state index is 0.130. The van der Waals surface area contributed by atoms with E-state index in [4.69, 9.17) is 17.3 Å². The molecule has 1 unspecified atom stereocenters. The summed E-state index contributed by atoms with van der Waals surface area (Å²) in [4.78, 5) is 2.10. The SMILES string of the molecule is C=CCC(N)c1c(Cl)cnn1CCN(C)C. The molecule has 5 heteroatoms. The average Bonchev–Trinajstić information content (AvgIpc) is 2.57. The van der Waals surface area contributed by atoms with Crippen LogP contribution in [-0.4, -0.2) is 35.3 Å². The summed E-state index contributed by atoms with van der Waals surface area (Å²) < 4.78 is 1.87. The maximum atomic E-state index is 6.08. The maximum Gasteiger partial charge on any atom is 0.0834 e. The lowest BCUT2D eigenvalue weighted by molar-refractivity contribution is 0.366. The number of aromatic nitrogens is 2. The molecule has 0 radical (unpaired) electrons. The number of rotatable bonds is 6. The Labute approximate surface area is 102 Å². The average molecular weight is 243 g/mol. The zero-order valence-corrected chi connectivity index (χ0v) is 10.6. The first-order valence-electron chi connectivity index (χ1n) is 5.28. The molecular weight excluding hydrogens is 224 g/mol. The predicted octanol–water partition coefficient (Wildman–Crippen LogP) is 1.67. The molecule has 0 aliphatic carbocycles. The lowest BCUT2D eigenvalue weighted by Gasteiger charge is -2.15. The molecule has 0 bridgehead atoms. The predicted molar refractivity (Wildman–Crippen MR) is 67.5 cm³/mol. The van der Waals surface area contributed by atoms with E-state index < -0.39 is 0 Å². The van der Waals surface area contributed by atoms with Gasteiger partial charge in [-0.25, -0.2) is 0 Å². The third-order valence-corrected chi connectivity index (χ3v) is 2.66. The third kappa shape index (κ3) is 3.33. The van der Waals surface area contributed by atoms with Crippen LogP contribution in [0.2, 0.25) is 5.02 Å². The van der Waals surface area contributed by atoms with Crippen molar-refractivity contribution in [2.24, 2.45) is 5.73 Å². The summed E-state index contributed by atoms with van der Waals surface area (Å²) in [6, 6.07) is -0.130. The first-order chi connectivity index (χ1) is 7.56. The summed E-state index contributed by atoms with van der Waals surface area (Å²) in [5.74, 6) is 0. The van der Waals surface area contributed by atoms with Gasteiger partial charge in [0.2, 0.25) is 0 Å². The highest BCUT2D eigenvalue weighted by Gasteiger charge is 2.15. The number of halogens is 1. The van der Waals surface area contributed by atoms with Crippen LogP contribution in [0.3, 0.4) is 0 Å². The standard InChI is InChI=1S/C11H19ClN4/c1-4-5-10(13)11-9(12)8-14-16(11)7-6-15(2)3/h4,8,10H,1,5-7,13H2,2-3H3. The first-order valence-corrected chi connectivity index (χ1v) is 5.66. The molecule has 16 heavy (non-hydrogen) atoms. The Morgan fingerprint density at radius 1 is 1.69 bits per heavy atom. The Hall–Kier alpha value is -0.840. The van der Waals surface area contributed by atoms with Crippen molar-refractivity contribution in [1.82, 2.24) is 14.7 Å². The molecule has 0 aromatic carbocycles. The fraction of sp³-hybridized carbons (Fsp3) is 0.545. The van der Waals surface area contributed by atoms with E-state index in [1.165, 1.54) is 0 Å². The Balaban J connectivity index is 2.80. The van der Waals surface area contributed by atoms with Gasteiger partial charge >= 0.3 is 0 Å². The van der Waals surface area contributed by atoms with Crippen LogP contribution < -0.4 is 5.73 Å². The Bertz CT molecular complexity index is 346. The summed E-state index contributed by atoms with van der Waals surface area (Å²) in [6.07, 6.45) is 4.15. The minimum Gasteiger partial charge on any atom is -0.322 e. The number of hydrogen-bond donors (Lipinski definition) is 1. The van der Waals surface area contributed by atoms with Crippen molar-refractivity contribution in [3.05, 3.63) is 29.6 Å². The molecule has 0 fully saturated rings. The molecule has 0 amide bonds. The smallest absolute Gasteiger partial charge is 0.0834 e. The van der Waals surface area contributed by atoms with Gasteiger partial charge in [-0.15, -0.1) is 6.58 Å². The van der Waals surface area contributed by atoms with Crippen molar-refractivity contribution in [2.75, 3.05) is 20.6 Å². The molecule has 1 atom stereocenters. The molecule has 0 aliphatic rings. The summed E-state index contributed by atoms with van der Waals surface area (Å²) >= 11 is 6.08. The van der Waals surface area contributed by atoms with Gasteiger partial charge in [-0.05, 0) is 20.5 Å². The number of nitrogens with two attached hydrogens (primary N) is 1. The van der Waals surface area contributed by atoms with Gasteiger partial charge in [-0.1, -0.05) is 17.7 Å². The second kappa shape index (κ2) is 6.03. The van der Waals surface area contributed by atoms with Crippen molar-refractivity contribution in [3.63, 3.8) is 0 Å². The molecule has 4 nitrogen and oxygen atoms in total. The van der Waals surface area contributed by atoms with Crippen molar-refractivity contribution in [1.29, 1.82) is 0 Å². The van der Waals surface area contributed by atoms with Crippen LogP contribution in [0.25, 0.3) is 0 Å². The Kier molecular flexibility index (Phi) is 4.99. The van der Waals surface area contributed by atoms with E-state index in [-0.39, 0.29) is 6.04 Å². The number of nitrogens with zero attached hydrogens (tertiary/aromatic N) is 3. The number of hydrogen-bond acceptors (Lipinski definition) is 3. The van der Waals surface area contributed by atoms with Crippen LogP contribution in [-0.2, 0) is 6.54 Å². The minimum atomic E-state index is -0.130. The van der Waals surface area contributed by atoms with E-state index in [9.17, 15) is 0 Å². The van der Waals surface area contributed by atoms with Crippen LogP contribution in [0.15, 0.2) is 18.9 Å². The topological polar surface area (TPSA) is 47.1 Å². The highest BCUT2D eigenvalue weighted by molar-refractivity contribution is 6.31. The molecule has 90 valence electrons. The monoisotopic (exact) mass is 242 g/mol. The Morgan fingerprint density at radius 2 is 2.38 bits per heavy atom. The molecular formula is C11H19ClN4. The molecule has 0 spiro atoms. The molecule has 0 aliphatic heterocycles. The highest BCUT2D eigenvalue weighted by Crippen LogP contribution is 2.23. The summed E-state index contributed by atoms with van der Waals surface area (Å²) in [7, 11) is 4.04. The van der Waals surface area contributed by atoms with Gasteiger partial charge in [0, 0.05) is 6.54 Å². The van der Waals surface area contributed by atoms with E-state index in [0.29, 0.717) is 11.4 Å². The van der Waals surface area contributed by atoms with Gasteiger partial charge in [-0.3, -0.25) is 4.68 Å². The van der Waals surface area contributed by atoms with Crippen molar-refractivity contribution in [2.45, 2.75) is 19.0 Å². The molecule has 1 aromatic heterocycles. The largest absolute Gasteiger partial charge is 0.322 e. The quantitative estimate of drug-likeness (QED) is 0.772. The normalized spacial score (nSPS) is 13.1. The van der Waals surface area contributed by atoms with Crippen molar-refractivity contribution in [3.8, 4) is 0 Å². The summed E-state index contributed by atoms with van der Waals surface area (Å²) in [6.45, 7) is 5.38. The number of likely N-dealkylation sites (N-methyl/N-ethyl adjacent to an activating group) is 1. The van der Waals surface area contributed by atoms with Crippen LogP contribution in [0.4, 0.5) is 0 Å². The van der Waals surface area contributed by atoms with Crippen LogP contribution >= 0.6 is 11.6 Å². The second-order valence-electron chi connectivity index (χ2n) is 4.04. The zero-order chi connectivity index (χ0) is 12.1. The van der Waals surface area contributed by atoms with Crippen LogP contribution in [0, 0.1) is 0 Å². The molecule has 1 heterocycles. The van der Waals surface area contributed by atoms with E-state index in [0.717, 1.165) is 18.8 Å². The van der Waals surface area contributed by atoms with Crippen LogP contribution in [0.5, 0.6) is 0 Å². The lowest BCUT2D eigenvalue weighted by Crippen LogP contribution is -2.23. The zero-order valence-electron chi connectivity index (χ0n) is 9.86. The van der Waals surface area contributed by atoms with Gasteiger partial charge in [-0.2, -0.15) is 5.10 Å².